The van der Waals surface area contributed by atoms with E-state index in [1.54, 1.807) is 31.4 Å². The van der Waals surface area contributed by atoms with E-state index in [9.17, 15) is 8.42 Å². The fourth-order valence-electron chi connectivity index (χ4n) is 3.70. The topological polar surface area (TPSA) is 94.8 Å². The Labute approximate surface area is 181 Å². The van der Waals surface area contributed by atoms with Gasteiger partial charge in [-0.1, -0.05) is 12.1 Å². The van der Waals surface area contributed by atoms with Gasteiger partial charge in [0.05, 0.1) is 24.2 Å². The number of sulfonamides is 1. The van der Waals surface area contributed by atoms with E-state index < -0.39 is 10.0 Å². The van der Waals surface area contributed by atoms with Crippen LogP contribution in [-0.2, 0) is 10.0 Å². The first-order valence-electron chi connectivity index (χ1n) is 10.2. The highest BCUT2D eigenvalue weighted by molar-refractivity contribution is 7.89. The van der Waals surface area contributed by atoms with E-state index in [0.717, 1.165) is 5.56 Å². The Kier molecular flexibility index (Phi) is 6.24. The molecule has 0 saturated carbocycles. The number of hydrogen-bond acceptors (Lipinski definition) is 7. The molecule has 0 aliphatic carbocycles. The SMILES string of the molecule is CCOc1ccc(S(=O)(=O)N2CCC(c3nnc(-c4ccccc4OC)o3)CC2)cc1. The molecule has 1 aromatic heterocycles. The zero-order valence-corrected chi connectivity index (χ0v) is 18.3. The molecule has 1 aliphatic rings. The monoisotopic (exact) mass is 443 g/mol. The Hall–Kier alpha value is -2.91. The number of methoxy groups -OCH3 is 1. The summed E-state index contributed by atoms with van der Waals surface area (Å²) in [5.74, 6) is 2.26. The second kappa shape index (κ2) is 9.07. The Morgan fingerprint density at radius 3 is 2.45 bits per heavy atom. The Bertz CT molecular complexity index is 1120. The maximum Gasteiger partial charge on any atom is 0.251 e. The number of ether oxygens (including phenoxy) is 2. The van der Waals surface area contributed by atoms with Crippen molar-refractivity contribution < 1.29 is 22.3 Å². The fourth-order valence-corrected chi connectivity index (χ4v) is 5.17. The van der Waals surface area contributed by atoms with Crippen LogP contribution in [0.2, 0.25) is 0 Å². The van der Waals surface area contributed by atoms with Crippen molar-refractivity contribution in [3.8, 4) is 23.0 Å². The van der Waals surface area contributed by atoms with Crippen LogP contribution in [0.1, 0.15) is 31.6 Å². The first kappa shape index (κ1) is 21.3. The van der Waals surface area contributed by atoms with E-state index in [1.807, 2.05) is 31.2 Å². The number of hydrogen-bond donors (Lipinski definition) is 0. The van der Waals surface area contributed by atoms with Crippen LogP contribution in [0.3, 0.4) is 0 Å². The van der Waals surface area contributed by atoms with Gasteiger partial charge in [0.2, 0.25) is 15.9 Å². The van der Waals surface area contributed by atoms with Crippen LogP contribution in [0.25, 0.3) is 11.5 Å². The van der Waals surface area contributed by atoms with Gasteiger partial charge >= 0.3 is 0 Å². The van der Waals surface area contributed by atoms with E-state index in [4.69, 9.17) is 13.9 Å². The molecule has 8 nitrogen and oxygen atoms in total. The van der Waals surface area contributed by atoms with Gasteiger partial charge in [0.25, 0.3) is 5.89 Å². The molecule has 164 valence electrons. The molecule has 0 atom stereocenters. The molecule has 1 saturated heterocycles. The molecule has 0 radical (unpaired) electrons. The lowest BCUT2D eigenvalue weighted by Crippen LogP contribution is -2.37. The van der Waals surface area contributed by atoms with Gasteiger partial charge in [0.15, 0.2) is 0 Å². The van der Waals surface area contributed by atoms with E-state index >= 15 is 0 Å². The highest BCUT2D eigenvalue weighted by Gasteiger charge is 2.32. The van der Waals surface area contributed by atoms with Gasteiger partial charge in [-0.15, -0.1) is 10.2 Å². The van der Waals surface area contributed by atoms with Crippen molar-refractivity contribution in [2.45, 2.75) is 30.6 Å². The first-order chi connectivity index (χ1) is 15.0. The highest BCUT2D eigenvalue weighted by atomic mass is 32.2. The van der Waals surface area contributed by atoms with E-state index in [0.29, 0.717) is 55.8 Å². The van der Waals surface area contributed by atoms with Crippen molar-refractivity contribution in [3.63, 3.8) is 0 Å². The number of aromatic nitrogens is 2. The molecular formula is C22H25N3O5S. The fraction of sp³-hybridized carbons (Fsp3) is 0.364. The molecule has 0 unspecified atom stereocenters. The van der Waals surface area contributed by atoms with Crippen LogP contribution in [0.4, 0.5) is 0 Å². The molecule has 31 heavy (non-hydrogen) atoms. The Balaban J connectivity index is 1.43. The molecule has 0 amide bonds. The van der Waals surface area contributed by atoms with Gasteiger partial charge in [-0.3, -0.25) is 0 Å². The number of benzene rings is 2. The van der Waals surface area contributed by atoms with Crippen molar-refractivity contribution in [3.05, 3.63) is 54.4 Å². The smallest absolute Gasteiger partial charge is 0.251 e. The number of para-hydroxylation sites is 1. The van der Waals surface area contributed by atoms with E-state index in [1.165, 1.54) is 4.31 Å². The van der Waals surface area contributed by atoms with Crippen LogP contribution >= 0.6 is 0 Å². The average Bonchev–Trinajstić information content (AvgIpc) is 3.30. The quantitative estimate of drug-likeness (QED) is 0.549. The van der Waals surface area contributed by atoms with E-state index in [-0.39, 0.29) is 10.8 Å². The summed E-state index contributed by atoms with van der Waals surface area (Å²) in [6.07, 6.45) is 1.23. The summed E-state index contributed by atoms with van der Waals surface area (Å²) >= 11 is 0. The average molecular weight is 444 g/mol. The molecule has 3 aromatic rings. The van der Waals surface area contributed by atoms with E-state index in [2.05, 4.69) is 10.2 Å². The second-order valence-electron chi connectivity index (χ2n) is 7.23. The summed E-state index contributed by atoms with van der Waals surface area (Å²) in [6.45, 7) is 3.21. The third kappa shape index (κ3) is 4.42. The number of rotatable bonds is 7. The molecule has 1 fully saturated rings. The lowest BCUT2D eigenvalue weighted by molar-refractivity contribution is 0.291. The minimum atomic E-state index is -3.55. The predicted octanol–water partition coefficient (Wildman–Crippen LogP) is 3.71. The van der Waals surface area contributed by atoms with Crippen LogP contribution in [0.5, 0.6) is 11.5 Å². The van der Waals surface area contributed by atoms with Crippen LogP contribution in [0, 0.1) is 0 Å². The van der Waals surface area contributed by atoms with Crippen LogP contribution in [0.15, 0.2) is 57.8 Å². The van der Waals surface area contributed by atoms with Gasteiger partial charge in [0.1, 0.15) is 11.5 Å². The maximum atomic E-state index is 13.0. The van der Waals surface area contributed by atoms with Gasteiger partial charge < -0.3 is 13.9 Å². The summed E-state index contributed by atoms with van der Waals surface area (Å²) in [5.41, 5.74) is 0.735. The molecule has 0 bridgehead atoms. The lowest BCUT2D eigenvalue weighted by Gasteiger charge is -2.29. The molecule has 4 rings (SSSR count). The summed E-state index contributed by atoms with van der Waals surface area (Å²) < 4.78 is 44.1. The largest absolute Gasteiger partial charge is 0.496 e. The van der Waals surface area contributed by atoms with Crippen molar-refractivity contribution in [2.24, 2.45) is 0 Å². The zero-order valence-electron chi connectivity index (χ0n) is 17.5. The third-order valence-electron chi connectivity index (χ3n) is 5.35. The summed E-state index contributed by atoms with van der Waals surface area (Å²) in [6, 6.07) is 14.0. The summed E-state index contributed by atoms with van der Waals surface area (Å²) in [7, 11) is -1.96. The third-order valence-corrected chi connectivity index (χ3v) is 7.27. The molecule has 0 N–H and O–H groups in total. The molecule has 9 heteroatoms. The van der Waals surface area contributed by atoms with Gasteiger partial charge in [-0.25, -0.2) is 8.42 Å². The molecule has 2 aromatic carbocycles. The molecule has 2 heterocycles. The van der Waals surface area contributed by atoms with Gasteiger partial charge in [0, 0.05) is 19.0 Å². The Morgan fingerprint density at radius 2 is 1.77 bits per heavy atom. The van der Waals surface area contributed by atoms with Crippen molar-refractivity contribution in [1.82, 2.24) is 14.5 Å². The summed E-state index contributed by atoms with van der Waals surface area (Å²) in [5, 5.41) is 8.38. The van der Waals surface area contributed by atoms with Crippen molar-refractivity contribution in [1.29, 1.82) is 0 Å². The van der Waals surface area contributed by atoms with Crippen molar-refractivity contribution >= 4 is 10.0 Å². The lowest BCUT2D eigenvalue weighted by atomic mass is 9.98. The molecule has 1 aliphatic heterocycles. The Morgan fingerprint density at radius 1 is 1.06 bits per heavy atom. The second-order valence-corrected chi connectivity index (χ2v) is 9.17. The first-order valence-corrected chi connectivity index (χ1v) is 11.7. The maximum absolute atomic E-state index is 13.0. The van der Waals surface area contributed by atoms with Crippen LogP contribution < -0.4 is 9.47 Å². The van der Waals surface area contributed by atoms with Gasteiger partial charge in [-0.2, -0.15) is 4.31 Å². The minimum absolute atomic E-state index is 0.0164. The number of nitrogens with zero attached hydrogens (tertiary/aromatic N) is 3. The van der Waals surface area contributed by atoms with Gasteiger partial charge in [-0.05, 0) is 56.2 Å². The highest BCUT2D eigenvalue weighted by Crippen LogP contribution is 2.34. The number of piperidine rings is 1. The predicted molar refractivity (Wildman–Crippen MR) is 115 cm³/mol. The summed E-state index contributed by atoms with van der Waals surface area (Å²) in [4.78, 5) is 0.269. The van der Waals surface area contributed by atoms with Crippen molar-refractivity contribution in [2.75, 3.05) is 26.8 Å². The zero-order chi connectivity index (χ0) is 21.8. The molecular weight excluding hydrogens is 418 g/mol. The molecule has 0 spiro atoms. The normalized spacial score (nSPS) is 15.7. The standard InChI is InChI=1S/C22H25N3O5S/c1-3-29-17-8-10-18(11-9-17)31(26,27)25-14-12-16(13-15-25)21-23-24-22(30-21)19-6-4-5-7-20(19)28-2/h4-11,16H,3,12-15H2,1-2H3. The van der Waals surface area contributed by atoms with Crippen LogP contribution in [-0.4, -0.2) is 49.7 Å². The minimum Gasteiger partial charge on any atom is -0.496 e.